The Balaban J connectivity index is 2.04. The number of anilines is 1. The lowest BCUT2D eigenvalue weighted by atomic mass is 10.2. The Labute approximate surface area is 170 Å². The van der Waals surface area contributed by atoms with Gasteiger partial charge in [-0.05, 0) is 48.9 Å². The number of likely N-dealkylation sites (N-methyl/N-ethyl adjacent to an activating group) is 1. The second-order valence-electron chi connectivity index (χ2n) is 5.95. The van der Waals surface area contributed by atoms with Crippen molar-refractivity contribution < 1.29 is 14.4 Å². The highest BCUT2D eigenvalue weighted by molar-refractivity contribution is 6.38. The van der Waals surface area contributed by atoms with Crippen LogP contribution in [0.5, 0.6) is 0 Å². The summed E-state index contributed by atoms with van der Waals surface area (Å²) in [6.07, 6.45) is 0. The molecule has 0 bridgehead atoms. The fourth-order valence-corrected chi connectivity index (χ4v) is 3.02. The molecule has 0 unspecified atom stereocenters. The summed E-state index contributed by atoms with van der Waals surface area (Å²) >= 11 is 12.1. The molecular weight excluding hydrogens is 403 g/mol. The van der Waals surface area contributed by atoms with Crippen molar-refractivity contribution in [3.8, 4) is 0 Å². The quantitative estimate of drug-likeness (QED) is 0.569. The molecule has 3 N–H and O–H groups in total. The van der Waals surface area contributed by atoms with Gasteiger partial charge in [-0.2, -0.15) is 0 Å². The second kappa shape index (κ2) is 7.92. The second-order valence-corrected chi connectivity index (χ2v) is 6.80. The predicted octanol–water partition coefficient (Wildman–Crippen LogP) is 3.32. The first-order chi connectivity index (χ1) is 13.3. The van der Waals surface area contributed by atoms with Gasteiger partial charge in [-0.25, -0.2) is 4.68 Å². The molecule has 1 heterocycles. The Morgan fingerprint density at radius 1 is 1.00 bits per heavy atom. The minimum atomic E-state index is -0.914. The number of fused-ring (bicyclic) bond motifs is 1. The van der Waals surface area contributed by atoms with Crippen LogP contribution in [0.25, 0.3) is 10.9 Å². The smallest absolute Gasteiger partial charge is 0.328 e. The number of halogens is 2. The third-order valence-electron chi connectivity index (χ3n) is 4.16. The first-order valence-corrected chi connectivity index (χ1v) is 8.98. The highest BCUT2D eigenvalue weighted by atomic mass is 35.5. The van der Waals surface area contributed by atoms with Gasteiger partial charge >= 0.3 is 11.8 Å². The van der Waals surface area contributed by atoms with Gasteiger partial charge < -0.3 is 10.6 Å². The lowest BCUT2D eigenvalue weighted by Gasteiger charge is -2.13. The molecule has 2 aromatic carbocycles. The zero-order chi connectivity index (χ0) is 20.4. The lowest BCUT2D eigenvalue weighted by molar-refractivity contribution is -0.136. The van der Waals surface area contributed by atoms with Crippen LogP contribution in [0.4, 0.5) is 5.69 Å². The highest BCUT2D eigenvalue weighted by Gasteiger charge is 2.21. The molecule has 0 aliphatic carbocycles. The van der Waals surface area contributed by atoms with Crippen LogP contribution in [0.2, 0.25) is 10.0 Å². The van der Waals surface area contributed by atoms with Gasteiger partial charge in [0.2, 0.25) is 0 Å². The normalized spacial score (nSPS) is 10.6. The van der Waals surface area contributed by atoms with E-state index in [0.29, 0.717) is 32.2 Å². The van der Waals surface area contributed by atoms with E-state index in [4.69, 9.17) is 23.2 Å². The predicted molar refractivity (Wildman–Crippen MR) is 110 cm³/mol. The summed E-state index contributed by atoms with van der Waals surface area (Å²) in [7, 11) is 1.34. The molecule has 144 valence electrons. The summed E-state index contributed by atoms with van der Waals surface area (Å²) in [4.78, 5) is 36.6. The number of carbonyl (C=O) groups excluding carboxylic acids is 3. The summed E-state index contributed by atoms with van der Waals surface area (Å²) in [5, 5.41) is 6.61. The van der Waals surface area contributed by atoms with Crippen LogP contribution in [-0.2, 0) is 9.59 Å². The van der Waals surface area contributed by atoms with Gasteiger partial charge in [-0.15, -0.1) is 0 Å². The van der Waals surface area contributed by atoms with Crippen LogP contribution < -0.4 is 16.1 Å². The molecule has 0 aliphatic heterocycles. The first kappa shape index (κ1) is 19.7. The van der Waals surface area contributed by atoms with Gasteiger partial charge in [0, 0.05) is 28.2 Å². The monoisotopic (exact) mass is 418 g/mol. The maximum Gasteiger partial charge on any atom is 0.328 e. The van der Waals surface area contributed by atoms with Gasteiger partial charge in [-0.1, -0.05) is 29.3 Å². The molecule has 0 aliphatic rings. The summed E-state index contributed by atoms with van der Waals surface area (Å²) in [5.74, 6) is -2.24. The number of hydrogen-bond acceptors (Lipinski definition) is 3. The summed E-state index contributed by atoms with van der Waals surface area (Å²) in [6, 6.07) is 11.6. The van der Waals surface area contributed by atoms with E-state index >= 15 is 0 Å². The Kier molecular flexibility index (Phi) is 5.58. The molecule has 0 radical (unpaired) electrons. The number of rotatable bonds is 3. The van der Waals surface area contributed by atoms with E-state index in [1.165, 1.54) is 11.7 Å². The molecule has 7 nitrogen and oxygen atoms in total. The standard InChI is InChI=1S/C19H16Cl2N4O3/c1-10-13(21)4-3-5-14(10)23-17(26)16-9-11-8-12(20)6-7-15(11)25(16)24-19(28)18(27)22-2/h3-9H,1-2H3,(H,22,27)(H,23,26)(H,24,28). The third-order valence-corrected chi connectivity index (χ3v) is 4.80. The van der Waals surface area contributed by atoms with Crippen molar-refractivity contribution in [2.45, 2.75) is 6.92 Å². The van der Waals surface area contributed by atoms with Crippen molar-refractivity contribution in [1.82, 2.24) is 9.99 Å². The van der Waals surface area contributed by atoms with Crippen molar-refractivity contribution >= 4 is 57.5 Å². The Bertz CT molecular complexity index is 1110. The van der Waals surface area contributed by atoms with Gasteiger partial charge in [0.05, 0.1) is 5.52 Å². The van der Waals surface area contributed by atoms with E-state index in [1.807, 2.05) is 0 Å². The number of nitrogens with one attached hydrogen (secondary N) is 3. The van der Waals surface area contributed by atoms with Crippen molar-refractivity contribution in [1.29, 1.82) is 0 Å². The number of aromatic nitrogens is 1. The largest absolute Gasteiger partial charge is 0.351 e. The molecule has 0 saturated heterocycles. The zero-order valence-corrected chi connectivity index (χ0v) is 16.5. The molecule has 0 fully saturated rings. The number of benzene rings is 2. The van der Waals surface area contributed by atoms with Crippen LogP contribution >= 0.6 is 23.2 Å². The van der Waals surface area contributed by atoms with Crippen LogP contribution in [0.15, 0.2) is 42.5 Å². The number of nitrogens with zero attached hydrogens (tertiary/aromatic N) is 1. The van der Waals surface area contributed by atoms with Crippen LogP contribution in [-0.4, -0.2) is 29.4 Å². The van der Waals surface area contributed by atoms with Crippen molar-refractivity contribution in [2.24, 2.45) is 0 Å². The topological polar surface area (TPSA) is 92.2 Å². The van der Waals surface area contributed by atoms with E-state index < -0.39 is 17.7 Å². The van der Waals surface area contributed by atoms with E-state index in [9.17, 15) is 14.4 Å². The summed E-state index contributed by atoms with van der Waals surface area (Å²) in [6.45, 7) is 1.78. The molecule has 3 amide bonds. The highest BCUT2D eigenvalue weighted by Crippen LogP contribution is 2.26. The summed E-state index contributed by atoms with van der Waals surface area (Å²) in [5.41, 5.74) is 4.30. The van der Waals surface area contributed by atoms with Crippen LogP contribution in [0, 0.1) is 6.92 Å². The van der Waals surface area contributed by atoms with E-state index in [1.54, 1.807) is 49.4 Å². The van der Waals surface area contributed by atoms with Gasteiger partial charge in [0.25, 0.3) is 5.91 Å². The minimum absolute atomic E-state index is 0.119. The summed E-state index contributed by atoms with van der Waals surface area (Å²) < 4.78 is 1.25. The molecule has 0 spiro atoms. The molecule has 3 rings (SSSR count). The van der Waals surface area contributed by atoms with Crippen LogP contribution in [0.1, 0.15) is 16.1 Å². The van der Waals surface area contributed by atoms with Gasteiger partial charge in [-0.3, -0.25) is 19.8 Å². The molecule has 9 heteroatoms. The van der Waals surface area contributed by atoms with Crippen molar-refractivity contribution in [3.63, 3.8) is 0 Å². The zero-order valence-electron chi connectivity index (χ0n) is 15.0. The maximum absolute atomic E-state index is 12.9. The average molecular weight is 419 g/mol. The molecular formula is C19H16Cl2N4O3. The number of carbonyl (C=O) groups is 3. The van der Waals surface area contributed by atoms with Crippen molar-refractivity contribution in [3.05, 3.63) is 63.8 Å². The lowest BCUT2D eigenvalue weighted by Crippen LogP contribution is -2.38. The van der Waals surface area contributed by atoms with E-state index in [0.717, 1.165) is 0 Å². The maximum atomic E-state index is 12.9. The first-order valence-electron chi connectivity index (χ1n) is 8.22. The third kappa shape index (κ3) is 3.81. The molecule has 0 saturated carbocycles. The van der Waals surface area contributed by atoms with Crippen LogP contribution in [0.3, 0.4) is 0 Å². The number of hydrogen-bond donors (Lipinski definition) is 3. The Morgan fingerprint density at radius 2 is 1.75 bits per heavy atom. The number of amides is 3. The molecule has 3 aromatic rings. The molecule has 0 atom stereocenters. The Morgan fingerprint density at radius 3 is 2.46 bits per heavy atom. The van der Waals surface area contributed by atoms with E-state index in [2.05, 4.69) is 16.1 Å². The van der Waals surface area contributed by atoms with Crippen molar-refractivity contribution in [2.75, 3.05) is 17.8 Å². The molecule has 28 heavy (non-hydrogen) atoms. The van der Waals surface area contributed by atoms with E-state index in [-0.39, 0.29) is 5.69 Å². The SMILES string of the molecule is CNC(=O)C(=O)Nn1c(C(=O)Nc2cccc(Cl)c2C)cc2cc(Cl)ccc21. The average Bonchev–Trinajstić information content (AvgIpc) is 3.02. The van der Waals surface area contributed by atoms with Gasteiger partial charge in [0.15, 0.2) is 0 Å². The minimum Gasteiger partial charge on any atom is -0.351 e. The molecule has 1 aromatic heterocycles. The Hall–Kier alpha value is -3.03. The fraction of sp³-hybridized carbons (Fsp3) is 0.105. The van der Waals surface area contributed by atoms with Gasteiger partial charge in [0.1, 0.15) is 5.69 Å². The fourth-order valence-electron chi connectivity index (χ4n) is 2.67.